The number of nitrogens with zero attached hydrogens (tertiary/aromatic N) is 1. The van der Waals surface area contributed by atoms with Crippen molar-refractivity contribution >= 4 is 0 Å². The zero-order valence-electron chi connectivity index (χ0n) is 14.9. The molecule has 0 amide bonds. The SMILES string of the molecule is CCc1ccccc1C1(OCCN(C)C)CCCCC1CC. The minimum absolute atomic E-state index is 0.0599. The smallest absolute Gasteiger partial charge is 0.0962 e. The van der Waals surface area contributed by atoms with Crippen LogP contribution in [0.25, 0.3) is 0 Å². The summed E-state index contributed by atoms with van der Waals surface area (Å²) in [6.45, 7) is 6.40. The molecule has 0 N–H and O–H groups in total. The van der Waals surface area contributed by atoms with E-state index in [1.807, 2.05) is 0 Å². The second-order valence-electron chi connectivity index (χ2n) is 6.90. The molecule has 0 bridgehead atoms. The van der Waals surface area contributed by atoms with Gasteiger partial charge in [-0.05, 0) is 50.4 Å². The van der Waals surface area contributed by atoms with Crippen LogP contribution in [0.15, 0.2) is 24.3 Å². The van der Waals surface area contributed by atoms with Gasteiger partial charge in [0, 0.05) is 6.54 Å². The van der Waals surface area contributed by atoms with Gasteiger partial charge in [-0.2, -0.15) is 0 Å². The third kappa shape index (κ3) is 3.72. The van der Waals surface area contributed by atoms with Gasteiger partial charge in [-0.15, -0.1) is 0 Å². The molecular formula is C20H33NO. The topological polar surface area (TPSA) is 12.5 Å². The number of likely N-dealkylation sites (N-methyl/N-ethyl adjacent to an activating group) is 1. The lowest BCUT2D eigenvalue weighted by Crippen LogP contribution is -2.42. The van der Waals surface area contributed by atoms with Crippen LogP contribution in [0.4, 0.5) is 0 Å². The van der Waals surface area contributed by atoms with Gasteiger partial charge in [-0.25, -0.2) is 0 Å². The van der Waals surface area contributed by atoms with Crippen molar-refractivity contribution in [3.05, 3.63) is 35.4 Å². The van der Waals surface area contributed by atoms with Crippen molar-refractivity contribution in [2.75, 3.05) is 27.2 Å². The summed E-state index contributed by atoms with van der Waals surface area (Å²) in [7, 11) is 4.24. The van der Waals surface area contributed by atoms with E-state index in [1.165, 1.54) is 43.2 Å². The first-order valence-corrected chi connectivity index (χ1v) is 9.01. The predicted octanol–water partition coefficient (Wildman–Crippen LogP) is 4.62. The van der Waals surface area contributed by atoms with Crippen LogP contribution >= 0.6 is 0 Å². The number of benzene rings is 1. The Balaban J connectivity index is 2.35. The van der Waals surface area contributed by atoms with E-state index in [2.05, 4.69) is 57.1 Å². The molecular weight excluding hydrogens is 270 g/mol. The quantitative estimate of drug-likeness (QED) is 0.728. The van der Waals surface area contributed by atoms with E-state index >= 15 is 0 Å². The van der Waals surface area contributed by atoms with Crippen LogP contribution in [0.2, 0.25) is 0 Å². The standard InChI is InChI=1S/C20H33NO/c1-5-17-11-7-8-13-19(17)20(22-16-15-21(3)4)14-10-9-12-18(20)6-2/h7-8,11,13,18H,5-6,9-10,12,14-16H2,1-4H3. The monoisotopic (exact) mass is 303 g/mol. The predicted molar refractivity (Wildman–Crippen MR) is 94.3 cm³/mol. The Morgan fingerprint density at radius 2 is 1.95 bits per heavy atom. The molecule has 2 heteroatoms. The molecule has 0 aliphatic heterocycles. The molecule has 0 saturated heterocycles. The Kier molecular flexibility index (Phi) is 6.46. The summed E-state index contributed by atoms with van der Waals surface area (Å²) in [6.07, 6.45) is 7.42. The summed E-state index contributed by atoms with van der Waals surface area (Å²) in [5.74, 6) is 0.649. The minimum atomic E-state index is -0.0599. The van der Waals surface area contributed by atoms with E-state index in [1.54, 1.807) is 0 Å². The Morgan fingerprint density at radius 3 is 2.64 bits per heavy atom. The summed E-state index contributed by atoms with van der Waals surface area (Å²) in [5, 5.41) is 0. The number of rotatable bonds is 7. The van der Waals surface area contributed by atoms with Gasteiger partial charge >= 0.3 is 0 Å². The summed E-state index contributed by atoms with van der Waals surface area (Å²) >= 11 is 0. The largest absolute Gasteiger partial charge is 0.369 e. The molecule has 2 atom stereocenters. The molecule has 1 aromatic rings. The lowest BCUT2D eigenvalue weighted by atomic mass is 9.69. The van der Waals surface area contributed by atoms with Crippen molar-refractivity contribution in [1.29, 1.82) is 0 Å². The maximum atomic E-state index is 6.67. The van der Waals surface area contributed by atoms with Gasteiger partial charge in [0.15, 0.2) is 0 Å². The lowest BCUT2D eigenvalue weighted by Gasteiger charge is -2.45. The van der Waals surface area contributed by atoms with Gasteiger partial charge in [0.25, 0.3) is 0 Å². The van der Waals surface area contributed by atoms with E-state index in [4.69, 9.17) is 4.74 Å². The first kappa shape index (κ1) is 17.5. The van der Waals surface area contributed by atoms with Crippen LogP contribution in [0.5, 0.6) is 0 Å². The highest BCUT2D eigenvalue weighted by molar-refractivity contribution is 5.34. The minimum Gasteiger partial charge on any atom is -0.369 e. The van der Waals surface area contributed by atoms with Crippen molar-refractivity contribution in [2.24, 2.45) is 5.92 Å². The highest BCUT2D eigenvalue weighted by atomic mass is 16.5. The zero-order chi connectivity index (χ0) is 16.0. The molecule has 1 fully saturated rings. The van der Waals surface area contributed by atoms with Gasteiger partial charge < -0.3 is 9.64 Å². The second-order valence-corrected chi connectivity index (χ2v) is 6.90. The Morgan fingerprint density at radius 1 is 1.18 bits per heavy atom. The highest BCUT2D eigenvalue weighted by Crippen LogP contribution is 2.47. The summed E-state index contributed by atoms with van der Waals surface area (Å²) < 4.78 is 6.67. The van der Waals surface area contributed by atoms with Crippen LogP contribution in [0.1, 0.15) is 57.1 Å². The molecule has 2 rings (SSSR count). The molecule has 0 heterocycles. The van der Waals surface area contributed by atoms with Crippen LogP contribution in [0, 0.1) is 5.92 Å². The molecule has 0 aromatic heterocycles. The first-order valence-electron chi connectivity index (χ1n) is 9.01. The fourth-order valence-corrected chi connectivity index (χ4v) is 4.02. The van der Waals surface area contributed by atoms with E-state index in [0.717, 1.165) is 19.6 Å². The molecule has 124 valence electrons. The van der Waals surface area contributed by atoms with Crippen LogP contribution in [0.3, 0.4) is 0 Å². The molecule has 1 aliphatic rings. The van der Waals surface area contributed by atoms with E-state index in [9.17, 15) is 0 Å². The first-order chi connectivity index (χ1) is 10.6. The fourth-order valence-electron chi connectivity index (χ4n) is 4.02. The van der Waals surface area contributed by atoms with Gasteiger partial charge in [0.2, 0.25) is 0 Å². The fraction of sp³-hybridized carbons (Fsp3) is 0.700. The highest BCUT2D eigenvalue weighted by Gasteiger charge is 2.43. The van der Waals surface area contributed by atoms with Gasteiger partial charge in [0.05, 0.1) is 12.2 Å². The lowest BCUT2D eigenvalue weighted by molar-refractivity contribution is -0.119. The third-order valence-corrected chi connectivity index (χ3v) is 5.26. The van der Waals surface area contributed by atoms with Crippen LogP contribution < -0.4 is 0 Å². The number of aryl methyl sites for hydroxylation is 1. The molecule has 0 spiro atoms. The number of hydrogen-bond donors (Lipinski definition) is 0. The maximum Gasteiger partial charge on any atom is 0.0962 e. The van der Waals surface area contributed by atoms with Gasteiger partial charge in [0.1, 0.15) is 0 Å². The van der Waals surface area contributed by atoms with Crippen molar-refractivity contribution in [3.63, 3.8) is 0 Å². The van der Waals surface area contributed by atoms with Gasteiger partial charge in [-0.3, -0.25) is 0 Å². The molecule has 1 saturated carbocycles. The van der Waals surface area contributed by atoms with E-state index in [0.29, 0.717) is 5.92 Å². The Hall–Kier alpha value is -0.860. The molecule has 1 aliphatic carbocycles. The average molecular weight is 303 g/mol. The molecule has 1 aromatic carbocycles. The summed E-state index contributed by atoms with van der Waals surface area (Å²) in [6, 6.07) is 8.96. The molecule has 0 radical (unpaired) electrons. The van der Waals surface area contributed by atoms with Gasteiger partial charge in [-0.1, -0.05) is 57.4 Å². The van der Waals surface area contributed by atoms with Crippen molar-refractivity contribution in [2.45, 2.75) is 58.0 Å². The van der Waals surface area contributed by atoms with E-state index < -0.39 is 0 Å². The van der Waals surface area contributed by atoms with Crippen molar-refractivity contribution < 1.29 is 4.74 Å². The summed E-state index contributed by atoms with van der Waals surface area (Å²) in [4.78, 5) is 2.21. The van der Waals surface area contributed by atoms with E-state index in [-0.39, 0.29) is 5.60 Å². The third-order valence-electron chi connectivity index (χ3n) is 5.26. The Bertz CT molecular complexity index is 457. The van der Waals surface area contributed by atoms with Crippen molar-refractivity contribution in [1.82, 2.24) is 4.90 Å². The number of hydrogen-bond acceptors (Lipinski definition) is 2. The average Bonchev–Trinajstić information content (AvgIpc) is 2.54. The van der Waals surface area contributed by atoms with Crippen LogP contribution in [-0.4, -0.2) is 32.1 Å². The zero-order valence-corrected chi connectivity index (χ0v) is 14.9. The van der Waals surface area contributed by atoms with Crippen molar-refractivity contribution in [3.8, 4) is 0 Å². The number of ether oxygens (including phenoxy) is 1. The molecule has 2 unspecified atom stereocenters. The molecule has 2 nitrogen and oxygen atoms in total. The second kappa shape index (κ2) is 8.12. The normalized spacial score (nSPS) is 25.6. The summed E-state index contributed by atoms with van der Waals surface area (Å²) in [5.41, 5.74) is 2.87. The maximum absolute atomic E-state index is 6.67. The Labute approximate surface area is 136 Å². The molecule has 22 heavy (non-hydrogen) atoms. The van der Waals surface area contributed by atoms with Crippen LogP contribution in [-0.2, 0) is 16.8 Å².